The quantitative estimate of drug-likeness (QED) is 0.231. The third-order valence-electron chi connectivity index (χ3n) is 7.87. The van der Waals surface area contributed by atoms with E-state index in [-0.39, 0.29) is 17.8 Å². The van der Waals surface area contributed by atoms with E-state index in [9.17, 15) is 13.6 Å². The smallest absolute Gasteiger partial charge is 0.290 e. The molecule has 4 aromatic rings. The lowest BCUT2D eigenvalue weighted by Crippen LogP contribution is -2.48. The Morgan fingerprint density at radius 1 is 1.14 bits per heavy atom. The second-order valence-corrected chi connectivity index (χ2v) is 11.1. The van der Waals surface area contributed by atoms with Crippen molar-refractivity contribution in [3.8, 4) is 23.1 Å². The maximum Gasteiger partial charge on any atom is 0.290 e. The fraction of sp³-hybridized carbons (Fsp3) is 0.371. The van der Waals surface area contributed by atoms with Crippen LogP contribution in [0.15, 0.2) is 48.9 Å². The van der Waals surface area contributed by atoms with Crippen molar-refractivity contribution in [2.75, 3.05) is 58.7 Å². The molecule has 0 radical (unpaired) electrons. The molecule has 4 heterocycles. The lowest BCUT2D eigenvalue weighted by molar-refractivity contribution is -0.122. The van der Waals surface area contributed by atoms with E-state index in [1.165, 1.54) is 90.7 Å². The van der Waals surface area contributed by atoms with Gasteiger partial charge >= 0.3 is 0 Å². The van der Waals surface area contributed by atoms with E-state index in [4.69, 9.17) is 24.7 Å². The second-order valence-electron chi connectivity index (χ2n) is 11.1. The number of carbonyl (C=O) groups is 3. The predicted octanol–water partition coefficient (Wildman–Crippen LogP) is 4.58. The molecule has 268 valence electrons. The second kappa shape index (κ2) is 21.6. The van der Waals surface area contributed by atoms with Crippen molar-refractivity contribution in [3.63, 3.8) is 0 Å². The van der Waals surface area contributed by atoms with E-state index < -0.39 is 11.6 Å². The number of imidazole rings is 1. The van der Waals surface area contributed by atoms with Crippen LogP contribution in [0.2, 0.25) is 0 Å². The Balaban J connectivity index is 0.000000341. The first kappa shape index (κ1) is 40.9. The van der Waals surface area contributed by atoms with Gasteiger partial charge in [-0.05, 0) is 69.3 Å². The molecule has 0 bridgehead atoms. The van der Waals surface area contributed by atoms with Crippen molar-refractivity contribution in [2.24, 2.45) is 0 Å². The number of methoxy groups -OCH3 is 1. The number of carbonyl (C=O) groups excluding carboxylic acids is 2. The summed E-state index contributed by atoms with van der Waals surface area (Å²) in [5, 5.41) is 20.9. The summed E-state index contributed by atoms with van der Waals surface area (Å²) in [6.07, 6.45) is 8.15. The van der Waals surface area contributed by atoms with Gasteiger partial charge in [0.25, 0.3) is 6.47 Å². The highest BCUT2D eigenvalue weighted by atomic mass is 19.2. The molecular formula is C35H44F2N8O5. The molecule has 15 heteroatoms. The Bertz CT molecular complexity index is 1700. The van der Waals surface area contributed by atoms with Gasteiger partial charge in [-0.25, -0.2) is 14.4 Å². The first-order chi connectivity index (χ1) is 24.2. The Morgan fingerprint density at radius 2 is 1.82 bits per heavy atom. The minimum atomic E-state index is -1.06. The van der Waals surface area contributed by atoms with Crippen LogP contribution in [0.4, 0.5) is 20.3 Å². The summed E-state index contributed by atoms with van der Waals surface area (Å²) in [6.45, 7) is 12.5. The first-order valence-electron chi connectivity index (χ1n) is 15.7. The van der Waals surface area contributed by atoms with Crippen LogP contribution in [0.5, 0.6) is 5.75 Å². The number of aromatic nitrogens is 3. The summed E-state index contributed by atoms with van der Waals surface area (Å²) in [7, 11) is 3.49. The topological polar surface area (TPSA) is 165 Å². The Morgan fingerprint density at radius 3 is 2.40 bits per heavy atom. The molecule has 0 saturated carbocycles. The van der Waals surface area contributed by atoms with Crippen molar-refractivity contribution in [3.05, 3.63) is 71.7 Å². The SMILES string of the molecule is C=O.CC#N.CN1CCN(C[C@@H]2CCCN2)CC1.COc1ccc(-c2cnc3c(Nc4ccc(C=O)c(C)c4)nccn23)c(F)c1F.O=CO. The van der Waals surface area contributed by atoms with Crippen LogP contribution >= 0.6 is 0 Å². The van der Waals surface area contributed by atoms with Crippen LogP contribution < -0.4 is 15.4 Å². The van der Waals surface area contributed by atoms with Crippen LogP contribution in [-0.4, -0.2) is 108 Å². The summed E-state index contributed by atoms with van der Waals surface area (Å²) in [5.74, 6) is -1.81. The summed E-state index contributed by atoms with van der Waals surface area (Å²) in [6, 6.07) is 10.6. The number of nitrogens with one attached hydrogen (secondary N) is 2. The summed E-state index contributed by atoms with van der Waals surface area (Å²) in [5.41, 5.74) is 3.00. The zero-order chi connectivity index (χ0) is 37.1. The number of carboxylic acid groups (broad SMARTS) is 1. The number of aldehydes is 1. The van der Waals surface area contributed by atoms with E-state index in [0.29, 0.717) is 22.7 Å². The fourth-order valence-electron chi connectivity index (χ4n) is 5.37. The number of nitriles is 1. The number of anilines is 2. The predicted molar refractivity (Wildman–Crippen MR) is 187 cm³/mol. The lowest BCUT2D eigenvalue weighted by atomic mass is 10.1. The van der Waals surface area contributed by atoms with Gasteiger partial charge in [-0.1, -0.05) is 0 Å². The number of hydrogen-bond donors (Lipinski definition) is 3. The average molecular weight is 695 g/mol. The molecule has 1 atom stereocenters. The van der Waals surface area contributed by atoms with Crippen molar-refractivity contribution >= 4 is 36.7 Å². The van der Waals surface area contributed by atoms with E-state index in [1.807, 2.05) is 19.8 Å². The van der Waals surface area contributed by atoms with Gasteiger partial charge < -0.3 is 30.2 Å². The molecule has 2 aromatic heterocycles. The molecule has 2 aliphatic rings. The summed E-state index contributed by atoms with van der Waals surface area (Å²) >= 11 is 0. The van der Waals surface area contributed by atoms with Gasteiger partial charge in [0.2, 0.25) is 5.82 Å². The average Bonchev–Trinajstić information content (AvgIpc) is 3.80. The third kappa shape index (κ3) is 11.4. The maximum atomic E-state index is 14.5. The van der Waals surface area contributed by atoms with Crippen molar-refractivity contribution in [1.29, 1.82) is 5.26 Å². The zero-order valence-corrected chi connectivity index (χ0v) is 28.7. The highest BCUT2D eigenvalue weighted by Gasteiger charge is 2.21. The zero-order valence-electron chi connectivity index (χ0n) is 28.7. The van der Waals surface area contributed by atoms with Gasteiger partial charge in [0, 0.05) is 74.9 Å². The van der Waals surface area contributed by atoms with Crippen molar-refractivity contribution < 1.29 is 33.0 Å². The molecule has 13 nitrogen and oxygen atoms in total. The molecule has 50 heavy (non-hydrogen) atoms. The third-order valence-corrected chi connectivity index (χ3v) is 7.87. The molecular weight excluding hydrogens is 650 g/mol. The van der Waals surface area contributed by atoms with Crippen molar-refractivity contribution in [2.45, 2.75) is 32.7 Å². The Hall–Kier alpha value is -5.30. The molecule has 2 aliphatic heterocycles. The Kier molecular flexibility index (Phi) is 17.7. The number of benzene rings is 2. The molecule has 6 rings (SSSR count). The largest absolute Gasteiger partial charge is 0.494 e. The monoisotopic (exact) mass is 694 g/mol. The van der Waals surface area contributed by atoms with Gasteiger partial charge in [-0.2, -0.15) is 9.65 Å². The van der Waals surface area contributed by atoms with Gasteiger partial charge in [0.1, 0.15) is 13.1 Å². The number of halogens is 2. The lowest BCUT2D eigenvalue weighted by Gasteiger charge is -2.33. The summed E-state index contributed by atoms with van der Waals surface area (Å²) in [4.78, 5) is 41.0. The molecule has 2 aromatic carbocycles. The minimum Gasteiger partial charge on any atom is -0.494 e. The summed E-state index contributed by atoms with van der Waals surface area (Å²) < 4.78 is 35.1. The number of likely N-dealkylation sites (N-methyl/N-ethyl adjacent to an activating group) is 1. The van der Waals surface area contributed by atoms with E-state index in [0.717, 1.165) is 23.6 Å². The first-order valence-corrected chi connectivity index (χ1v) is 15.7. The van der Waals surface area contributed by atoms with E-state index >= 15 is 0 Å². The van der Waals surface area contributed by atoms with Gasteiger partial charge in [0.15, 0.2) is 23.0 Å². The highest BCUT2D eigenvalue weighted by Crippen LogP contribution is 2.31. The fourth-order valence-corrected chi connectivity index (χ4v) is 5.37. The number of piperazine rings is 1. The number of rotatable bonds is 7. The normalized spacial score (nSPS) is 15.3. The van der Waals surface area contributed by atoms with Gasteiger partial charge in [-0.15, -0.1) is 0 Å². The number of nitrogens with zero attached hydrogens (tertiary/aromatic N) is 6. The Labute approximate surface area is 290 Å². The standard InChI is InChI=1S/C21H16F2N4O2.C10H21N3.C2H3N.CH2O2.CH2O/c1-12-9-14(4-3-13(12)11-28)26-20-21-25-10-16(27(21)8-7-24-20)15-5-6-17(29-2)19(23)18(15)22;1-12-5-7-13(8-6-12)9-10-3-2-4-11-10;1-2-3;2-1-3;1-2/h3-11H,1-2H3,(H,24,26);10-11H,2-9H2,1H3;1H3;1H,(H,2,3);1H2/t;10-;;;/m.0.../s1. The molecule has 0 aliphatic carbocycles. The van der Waals surface area contributed by atoms with Crippen LogP contribution in [-0.2, 0) is 9.59 Å². The molecule has 3 N–H and O–H groups in total. The van der Waals surface area contributed by atoms with Crippen LogP contribution in [0.3, 0.4) is 0 Å². The minimum absolute atomic E-state index is 0.0548. The van der Waals surface area contributed by atoms with Gasteiger partial charge in [0.05, 0.1) is 25.1 Å². The molecule has 2 saturated heterocycles. The number of aryl methyl sites for hydroxylation is 1. The van der Waals surface area contributed by atoms with E-state index in [2.05, 4.69) is 37.4 Å². The van der Waals surface area contributed by atoms with Crippen LogP contribution in [0.1, 0.15) is 35.7 Å². The van der Waals surface area contributed by atoms with Crippen molar-refractivity contribution in [1.82, 2.24) is 29.5 Å². The highest BCUT2D eigenvalue weighted by molar-refractivity contribution is 5.80. The van der Waals surface area contributed by atoms with Crippen LogP contribution in [0.25, 0.3) is 16.9 Å². The number of ether oxygens (including phenoxy) is 1. The number of fused-ring (bicyclic) bond motifs is 1. The van der Waals surface area contributed by atoms with E-state index in [1.54, 1.807) is 28.8 Å². The molecule has 0 amide bonds. The molecule has 0 spiro atoms. The van der Waals surface area contributed by atoms with Gasteiger partial charge in [-0.3, -0.25) is 18.9 Å². The van der Waals surface area contributed by atoms with Crippen LogP contribution in [0, 0.1) is 29.9 Å². The maximum absolute atomic E-state index is 14.5. The molecule has 2 fully saturated rings. The molecule has 0 unspecified atom stereocenters. The number of hydrogen-bond acceptors (Lipinski definition) is 11.